The van der Waals surface area contributed by atoms with Gasteiger partial charge in [0.25, 0.3) is 0 Å². The molecule has 0 saturated heterocycles. The van der Waals surface area contributed by atoms with Crippen molar-refractivity contribution in [3.63, 3.8) is 0 Å². The van der Waals surface area contributed by atoms with E-state index in [0.29, 0.717) is 0 Å². The lowest BCUT2D eigenvalue weighted by atomic mass is 10.4. The summed E-state index contributed by atoms with van der Waals surface area (Å²) in [5.41, 5.74) is 0.998. The number of aryl methyl sites for hydroxylation is 1. The van der Waals surface area contributed by atoms with Crippen LogP contribution < -0.4 is 5.32 Å². The number of aromatic nitrogens is 2. The lowest BCUT2D eigenvalue weighted by Crippen LogP contribution is -2.05. The molecule has 0 bridgehead atoms. The number of rotatable bonds is 5. The highest BCUT2D eigenvalue weighted by Gasteiger charge is 2.04. The molecular formula is C12H15N3S2. The molecule has 2 aromatic heterocycles. The molecule has 0 amide bonds. The van der Waals surface area contributed by atoms with Crippen molar-refractivity contribution in [2.24, 2.45) is 0 Å². The monoisotopic (exact) mass is 265 g/mol. The smallest absolute Gasteiger partial charge is 0.223 e. The molecule has 0 aromatic carbocycles. The predicted molar refractivity (Wildman–Crippen MR) is 74.0 cm³/mol. The van der Waals surface area contributed by atoms with Crippen LogP contribution in [-0.4, -0.2) is 16.5 Å². The van der Waals surface area contributed by atoms with Gasteiger partial charge in [-0.1, -0.05) is 24.8 Å². The van der Waals surface area contributed by atoms with E-state index in [4.69, 9.17) is 0 Å². The molecule has 1 N–H and O–H groups in total. The number of nitrogens with one attached hydrogen (secondary N) is 1. The zero-order chi connectivity index (χ0) is 12.1. The van der Waals surface area contributed by atoms with Crippen molar-refractivity contribution < 1.29 is 0 Å². The van der Waals surface area contributed by atoms with Gasteiger partial charge in [-0.25, -0.2) is 9.97 Å². The third-order valence-corrected chi connectivity index (χ3v) is 4.02. The van der Waals surface area contributed by atoms with Crippen LogP contribution in [0, 0.1) is 6.92 Å². The Morgan fingerprint density at radius 2 is 2.29 bits per heavy atom. The molecule has 2 heterocycles. The largest absolute Gasteiger partial charge is 0.354 e. The molecular weight excluding hydrogens is 250 g/mol. The van der Waals surface area contributed by atoms with Gasteiger partial charge in [-0.05, 0) is 30.9 Å². The van der Waals surface area contributed by atoms with Gasteiger partial charge in [-0.2, -0.15) is 0 Å². The Morgan fingerprint density at radius 3 is 3.00 bits per heavy atom. The molecule has 0 aliphatic heterocycles. The summed E-state index contributed by atoms with van der Waals surface area (Å²) in [7, 11) is 0. The van der Waals surface area contributed by atoms with Crippen LogP contribution in [0.1, 0.15) is 19.0 Å². The van der Waals surface area contributed by atoms with Gasteiger partial charge in [0.1, 0.15) is 5.03 Å². The van der Waals surface area contributed by atoms with Crippen LogP contribution in [-0.2, 0) is 0 Å². The highest BCUT2D eigenvalue weighted by Crippen LogP contribution is 2.30. The third kappa shape index (κ3) is 3.71. The van der Waals surface area contributed by atoms with Gasteiger partial charge in [0, 0.05) is 12.2 Å². The molecule has 2 rings (SSSR count). The van der Waals surface area contributed by atoms with Crippen molar-refractivity contribution in [3.8, 4) is 0 Å². The summed E-state index contributed by atoms with van der Waals surface area (Å²) in [6.45, 7) is 5.04. The second kappa shape index (κ2) is 6.02. The standard InChI is InChI=1S/C12H15N3S2/c1-3-6-13-12-14-9(2)8-10(15-12)17-11-5-4-7-16-11/h4-5,7-8H,3,6H2,1-2H3,(H,13,14,15). The van der Waals surface area contributed by atoms with Gasteiger partial charge in [0.05, 0.1) is 4.21 Å². The van der Waals surface area contributed by atoms with Crippen LogP contribution >= 0.6 is 23.1 Å². The van der Waals surface area contributed by atoms with Crippen molar-refractivity contribution in [2.75, 3.05) is 11.9 Å². The number of hydrogen-bond donors (Lipinski definition) is 1. The summed E-state index contributed by atoms with van der Waals surface area (Å²) in [6.07, 6.45) is 1.07. The van der Waals surface area contributed by atoms with E-state index in [1.54, 1.807) is 23.1 Å². The summed E-state index contributed by atoms with van der Waals surface area (Å²) < 4.78 is 1.25. The highest BCUT2D eigenvalue weighted by molar-refractivity contribution is 8.01. The Morgan fingerprint density at radius 1 is 1.41 bits per heavy atom. The fraction of sp³-hybridized carbons (Fsp3) is 0.333. The summed E-state index contributed by atoms with van der Waals surface area (Å²) in [4.78, 5) is 8.86. The third-order valence-electron chi connectivity index (χ3n) is 2.06. The maximum Gasteiger partial charge on any atom is 0.223 e. The first-order chi connectivity index (χ1) is 8.28. The SMILES string of the molecule is CCCNc1nc(C)cc(Sc2cccs2)n1. The fourth-order valence-corrected chi connectivity index (χ4v) is 3.11. The Hall–Kier alpha value is -1.07. The second-order valence-electron chi connectivity index (χ2n) is 3.63. The van der Waals surface area contributed by atoms with Crippen LogP contribution in [0.3, 0.4) is 0 Å². The minimum atomic E-state index is 0.728. The average molecular weight is 265 g/mol. The van der Waals surface area contributed by atoms with E-state index in [0.717, 1.165) is 29.6 Å². The van der Waals surface area contributed by atoms with E-state index in [1.807, 2.05) is 13.0 Å². The van der Waals surface area contributed by atoms with Gasteiger partial charge in [-0.15, -0.1) is 11.3 Å². The number of anilines is 1. The Balaban J connectivity index is 2.13. The number of nitrogens with zero attached hydrogens (tertiary/aromatic N) is 2. The van der Waals surface area contributed by atoms with Crippen molar-refractivity contribution in [3.05, 3.63) is 29.3 Å². The topological polar surface area (TPSA) is 37.8 Å². The number of hydrogen-bond acceptors (Lipinski definition) is 5. The molecule has 17 heavy (non-hydrogen) atoms. The van der Waals surface area contributed by atoms with E-state index < -0.39 is 0 Å². The minimum absolute atomic E-state index is 0.728. The predicted octanol–water partition coefficient (Wildman–Crippen LogP) is 3.82. The Labute approximate surface area is 110 Å². The summed E-state index contributed by atoms with van der Waals surface area (Å²) >= 11 is 3.41. The van der Waals surface area contributed by atoms with Crippen LogP contribution in [0.5, 0.6) is 0 Å². The maximum absolute atomic E-state index is 4.49. The molecule has 0 aliphatic rings. The molecule has 0 spiro atoms. The summed E-state index contributed by atoms with van der Waals surface area (Å²) in [5, 5.41) is 6.30. The van der Waals surface area contributed by atoms with Gasteiger partial charge in [0.2, 0.25) is 5.95 Å². The molecule has 0 atom stereocenters. The fourth-order valence-electron chi connectivity index (χ4n) is 1.33. The Bertz CT molecular complexity index is 469. The van der Waals surface area contributed by atoms with Crippen molar-refractivity contribution >= 4 is 29.0 Å². The van der Waals surface area contributed by atoms with E-state index in [9.17, 15) is 0 Å². The Kier molecular flexibility index (Phi) is 4.39. The molecule has 90 valence electrons. The maximum atomic E-state index is 4.49. The van der Waals surface area contributed by atoms with Crippen LogP contribution in [0.2, 0.25) is 0 Å². The van der Waals surface area contributed by atoms with E-state index in [-0.39, 0.29) is 0 Å². The van der Waals surface area contributed by atoms with E-state index in [2.05, 4.69) is 39.7 Å². The molecule has 0 radical (unpaired) electrons. The summed E-state index contributed by atoms with van der Waals surface area (Å²) in [5.74, 6) is 0.728. The zero-order valence-corrected chi connectivity index (χ0v) is 11.6. The normalized spacial score (nSPS) is 10.5. The first-order valence-corrected chi connectivity index (χ1v) is 7.28. The molecule has 0 fully saturated rings. The average Bonchev–Trinajstić information content (AvgIpc) is 2.78. The molecule has 2 aromatic rings. The molecule has 0 aliphatic carbocycles. The van der Waals surface area contributed by atoms with Gasteiger partial charge in [-0.3, -0.25) is 0 Å². The van der Waals surface area contributed by atoms with Gasteiger partial charge < -0.3 is 5.32 Å². The minimum Gasteiger partial charge on any atom is -0.354 e. The molecule has 0 saturated carbocycles. The molecule has 5 heteroatoms. The quantitative estimate of drug-likeness (QED) is 0.834. The first-order valence-electron chi connectivity index (χ1n) is 5.59. The lowest BCUT2D eigenvalue weighted by Gasteiger charge is -2.06. The zero-order valence-electron chi connectivity index (χ0n) is 9.93. The van der Waals surface area contributed by atoms with Crippen molar-refractivity contribution in [1.82, 2.24) is 9.97 Å². The highest BCUT2D eigenvalue weighted by atomic mass is 32.2. The van der Waals surface area contributed by atoms with Crippen molar-refractivity contribution in [2.45, 2.75) is 29.5 Å². The van der Waals surface area contributed by atoms with E-state index in [1.165, 1.54) is 4.21 Å². The number of thiophene rings is 1. The molecule has 0 unspecified atom stereocenters. The first kappa shape index (κ1) is 12.4. The van der Waals surface area contributed by atoms with Crippen LogP contribution in [0.15, 0.2) is 32.8 Å². The lowest BCUT2D eigenvalue weighted by molar-refractivity contribution is 0.925. The van der Waals surface area contributed by atoms with Crippen molar-refractivity contribution in [1.29, 1.82) is 0 Å². The van der Waals surface area contributed by atoms with Crippen LogP contribution in [0.25, 0.3) is 0 Å². The summed E-state index contributed by atoms with van der Waals surface area (Å²) in [6, 6.07) is 6.17. The van der Waals surface area contributed by atoms with Crippen LogP contribution in [0.4, 0.5) is 5.95 Å². The van der Waals surface area contributed by atoms with Gasteiger partial charge >= 0.3 is 0 Å². The second-order valence-corrected chi connectivity index (χ2v) is 5.90. The van der Waals surface area contributed by atoms with Gasteiger partial charge in [0.15, 0.2) is 0 Å². The molecule has 3 nitrogen and oxygen atoms in total. The van der Waals surface area contributed by atoms with E-state index >= 15 is 0 Å².